The zero-order chi connectivity index (χ0) is 10.5. The van der Waals surface area contributed by atoms with Crippen LogP contribution in [0.5, 0.6) is 0 Å². The van der Waals surface area contributed by atoms with Gasteiger partial charge in [-0.1, -0.05) is 30.3 Å². The van der Waals surface area contributed by atoms with E-state index >= 15 is 0 Å². The minimum atomic E-state index is 0.498. The summed E-state index contributed by atoms with van der Waals surface area (Å²) in [6.07, 6.45) is 3.74. The number of nitrogens with one attached hydrogen (secondary N) is 1. The van der Waals surface area contributed by atoms with Gasteiger partial charge in [-0.2, -0.15) is 0 Å². The summed E-state index contributed by atoms with van der Waals surface area (Å²) in [5.74, 6) is 1.51. The number of nitrogens with zero attached hydrogens (tertiary/aromatic N) is 1. The van der Waals surface area contributed by atoms with Crippen molar-refractivity contribution < 1.29 is 0 Å². The molecule has 0 aliphatic rings. The molecule has 0 bridgehead atoms. The second kappa shape index (κ2) is 4.99. The van der Waals surface area contributed by atoms with Crippen LogP contribution in [0.1, 0.15) is 17.1 Å². The van der Waals surface area contributed by atoms with Crippen LogP contribution < -0.4 is 0 Å². The lowest BCUT2D eigenvalue weighted by molar-refractivity contribution is 0.880. The van der Waals surface area contributed by atoms with E-state index in [2.05, 4.69) is 34.2 Å². The van der Waals surface area contributed by atoms with Crippen molar-refractivity contribution in [1.29, 1.82) is 0 Å². The Kier molecular flexibility index (Phi) is 3.41. The molecule has 0 unspecified atom stereocenters. The Morgan fingerprint density at radius 1 is 1.13 bits per heavy atom. The Labute approximate surface area is 94.3 Å². The van der Waals surface area contributed by atoms with E-state index in [-0.39, 0.29) is 0 Å². The van der Waals surface area contributed by atoms with Gasteiger partial charge in [-0.05, 0) is 12.0 Å². The summed E-state index contributed by atoms with van der Waals surface area (Å²) in [6, 6.07) is 10.4. The zero-order valence-electron chi connectivity index (χ0n) is 8.41. The molecule has 0 spiro atoms. The van der Waals surface area contributed by atoms with Crippen LogP contribution in [-0.4, -0.2) is 9.97 Å². The van der Waals surface area contributed by atoms with Gasteiger partial charge in [0.05, 0.1) is 5.88 Å². The summed E-state index contributed by atoms with van der Waals surface area (Å²) in [7, 11) is 0. The van der Waals surface area contributed by atoms with E-state index in [1.165, 1.54) is 5.56 Å². The molecule has 78 valence electrons. The van der Waals surface area contributed by atoms with Crippen LogP contribution in [-0.2, 0) is 18.7 Å². The molecule has 1 N–H and O–H groups in total. The molecule has 15 heavy (non-hydrogen) atoms. The van der Waals surface area contributed by atoms with Gasteiger partial charge in [-0.3, -0.25) is 0 Å². The molecule has 0 saturated heterocycles. The zero-order valence-corrected chi connectivity index (χ0v) is 9.17. The number of aryl methyl sites for hydroxylation is 2. The van der Waals surface area contributed by atoms with Crippen molar-refractivity contribution in [3.8, 4) is 0 Å². The summed E-state index contributed by atoms with van der Waals surface area (Å²) in [5, 5.41) is 0. The predicted molar refractivity (Wildman–Crippen MR) is 62.0 cm³/mol. The van der Waals surface area contributed by atoms with Crippen LogP contribution in [0.3, 0.4) is 0 Å². The summed E-state index contributed by atoms with van der Waals surface area (Å²) in [5.41, 5.74) is 2.32. The highest BCUT2D eigenvalue weighted by atomic mass is 35.5. The lowest BCUT2D eigenvalue weighted by Crippen LogP contribution is -1.93. The standard InChI is InChI=1S/C12H13ClN2/c13-8-11-9-14-12(15-11)7-6-10-4-2-1-3-5-10/h1-5,9H,6-8H2,(H,14,15). The highest BCUT2D eigenvalue weighted by molar-refractivity contribution is 6.16. The molecule has 0 radical (unpaired) electrons. The molecule has 0 fully saturated rings. The maximum Gasteiger partial charge on any atom is 0.106 e. The minimum absolute atomic E-state index is 0.498. The number of hydrogen-bond acceptors (Lipinski definition) is 1. The number of imidazole rings is 1. The molecule has 1 aromatic heterocycles. The normalized spacial score (nSPS) is 10.5. The Morgan fingerprint density at radius 2 is 1.93 bits per heavy atom. The van der Waals surface area contributed by atoms with Gasteiger partial charge in [0.2, 0.25) is 0 Å². The van der Waals surface area contributed by atoms with E-state index in [1.807, 2.05) is 6.07 Å². The van der Waals surface area contributed by atoms with Crippen molar-refractivity contribution >= 4 is 11.6 Å². The highest BCUT2D eigenvalue weighted by Gasteiger charge is 1.99. The van der Waals surface area contributed by atoms with Crippen LogP contribution in [0.2, 0.25) is 0 Å². The molecule has 2 nitrogen and oxygen atoms in total. The number of aromatic amines is 1. The first-order valence-electron chi connectivity index (χ1n) is 5.01. The van der Waals surface area contributed by atoms with Gasteiger partial charge in [0, 0.05) is 18.3 Å². The van der Waals surface area contributed by atoms with E-state index in [0.717, 1.165) is 24.4 Å². The second-order valence-electron chi connectivity index (χ2n) is 3.47. The first-order chi connectivity index (χ1) is 7.38. The third-order valence-corrected chi connectivity index (χ3v) is 2.61. The van der Waals surface area contributed by atoms with Gasteiger partial charge in [-0.15, -0.1) is 11.6 Å². The van der Waals surface area contributed by atoms with Crippen molar-refractivity contribution in [2.24, 2.45) is 0 Å². The molecule has 2 rings (SSSR count). The van der Waals surface area contributed by atoms with Crippen LogP contribution in [0.15, 0.2) is 36.5 Å². The molecule has 0 aliphatic heterocycles. The average Bonchev–Trinajstić information content (AvgIpc) is 2.76. The molecule has 0 amide bonds. The maximum absolute atomic E-state index is 5.69. The van der Waals surface area contributed by atoms with Gasteiger partial charge in [0.25, 0.3) is 0 Å². The monoisotopic (exact) mass is 220 g/mol. The Bertz CT molecular complexity index is 409. The molecule has 1 heterocycles. The summed E-state index contributed by atoms with van der Waals surface area (Å²) < 4.78 is 0. The number of H-pyrrole nitrogens is 1. The van der Waals surface area contributed by atoms with Gasteiger partial charge in [-0.25, -0.2) is 4.98 Å². The van der Waals surface area contributed by atoms with E-state index in [0.29, 0.717) is 5.88 Å². The number of rotatable bonds is 4. The van der Waals surface area contributed by atoms with Crippen molar-refractivity contribution in [3.63, 3.8) is 0 Å². The molecule has 1 aromatic carbocycles. The van der Waals surface area contributed by atoms with Crippen molar-refractivity contribution in [2.75, 3.05) is 0 Å². The average molecular weight is 221 g/mol. The quantitative estimate of drug-likeness (QED) is 0.789. The molecular weight excluding hydrogens is 208 g/mol. The van der Waals surface area contributed by atoms with Crippen LogP contribution in [0.25, 0.3) is 0 Å². The maximum atomic E-state index is 5.69. The third-order valence-electron chi connectivity index (χ3n) is 2.32. The molecule has 0 aliphatic carbocycles. The summed E-state index contributed by atoms with van der Waals surface area (Å²) in [4.78, 5) is 7.45. The Morgan fingerprint density at radius 3 is 2.60 bits per heavy atom. The first kappa shape index (κ1) is 10.2. The fraction of sp³-hybridized carbons (Fsp3) is 0.250. The van der Waals surface area contributed by atoms with Crippen LogP contribution in [0, 0.1) is 0 Å². The van der Waals surface area contributed by atoms with Gasteiger partial charge in [0.1, 0.15) is 5.82 Å². The van der Waals surface area contributed by atoms with E-state index < -0.39 is 0 Å². The molecule has 2 aromatic rings. The molecular formula is C12H13ClN2. The summed E-state index contributed by atoms with van der Waals surface area (Å²) in [6.45, 7) is 0. The van der Waals surface area contributed by atoms with Gasteiger partial charge in [0.15, 0.2) is 0 Å². The fourth-order valence-electron chi connectivity index (χ4n) is 1.51. The number of benzene rings is 1. The number of aromatic nitrogens is 2. The number of alkyl halides is 1. The minimum Gasteiger partial charge on any atom is -0.345 e. The van der Waals surface area contributed by atoms with Crippen LogP contribution in [0.4, 0.5) is 0 Å². The lowest BCUT2D eigenvalue weighted by Gasteiger charge is -1.98. The molecule has 0 saturated carbocycles. The predicted octanol–water partition coefficient (Wildman–Crippen LogP) is 2.93. The third kappa shape index (κ3) is 2.83. The Balaban J connectivity index is 1.93. The largest absolute Gasteiger partial charge is 0.345 e. The van der Waals surface area contributed by atoms with Gasteiger partial charge >= 0.3 is 0 Å². The van der Waals surface area contributed by atoms with Crippen LogP contribution >= 0.6 is 11.6 Å². The van der Waals surface area contributed by atoms with Gasteiger partial charge < -0.3 is 4.98 Å². The fourth-order valence-corrected chi connectivity index (χ4v) is 1.64. The first-order valence-corrected chi connectivity index (χ1v) is 5.54. The highest BCUT2D eigenvalue weighted by Crippen LogP contribution is 2.06. The van der Waals surface area contributed by atoms with Crippen molar-refractivity contribution in [2.45, 2.75) is 18.7 Å². The lowest BCUT2D eigenvalue weighted by atomic mass is 10.1. The number of hydrogen-bond donors (Lipinski definition) is 1. The van der Waals surface area contributed by atoms with Crippen molar-refractivity contribution in [3.05, 3.63) is 53.6 Å². The Hall–Kier alpha value is -1.28. The smallest absolute Gasteiger partial charge is 0.106 e. The second-order valence-corrected chi connectivity index (χ2v) is 3.74. The van der Waals surface area contributed by atoms with E-state index in [1.54, 1.807) is 6.20 Å². The summed E-state index contributed by atoms with van der Waals surface area (Å²) >= 11 is 5.69. The topological polar surface area (TPSA) is 28.7 Å². The number of halogens is 1. The molecule has 3 heteroatoms. The van der Waals surface area contributed by atoms with E-state index in [4.69, 9.17) is 11.6 Å². The molecule has 0 atom stereocenters. The van der Waals surface area contributed by atoms with Crippen molar-refractivity contribution in [1.82, 2.24) is 9.97 Å². The SMILES string of the molecule is ClCc1cnc(CCc2ccccc2)[nH]1. The van der Waals surface area contributed by atoms with E-state index in [9.17, 15) is 0 Å².